The van der Waals surface area contributed by atoms with Gasteiger partial charge in [-0.3, -0.25) is 4.79 Å². The molecule has 1 fully saturated rings. The highest BCUT2D eigenvalue weighted by molar-refractivity contribution is 7.88. The molecule has 13 heteroatoms. The van der Waals surface area contributed by atoms with E-state index in [-0.39, 0.29) is 23.3 Å². The number of halogens is 4. The molecule has 1 aliphatic rings. The highest BCUT2D eigenvalue weighted by atomic mass is 35.5. The maximum Gasteiger partial charge on any atom is 0.416 e. The Hall–Kier alpha value is -3.45. The normalized spacial score (nSPS) is 19.7. The molecule has 43 heavy (non-hydrogen) atoms. The van der Waals surface area contributed by atoms with Crippen LogP contribution in [0.2, 0.25) is 4.34 Å². The van der Waals surface area contributed by atoms with Gasteiger partial charge in [0.1, 0.15) is 12.4 Å². The van der Waals surface area contributed by atoms with Crippen molar-refractivity contribution in [2.75, 3.05) is 11.9 Å². The molecule has 1 aliphatic heterocycles. The van der Waals surface area contributed by atoms with Crippen LogP contribution in [0.5, 0.6) is 0 Å². The van der Waals surface area contributed by atoms with Crippen molar-refractivity contribution in [1.29, 1.82) is 0 Å². The van der Waals surface area contributed by atoms with Crippen molar-refractivity contribution in [3.63, 3.8) is 0 Å². The standard InChI is InChI=1S/C30H28ClF3N4O3S2/c1-19(21-6-3-2-4-7-21)36-27-17-20(16-24(37-27)22-9-11-23(12-10-22)30(32,33)34)18-38(15-5-8-25(38)29(35)39)43(40,41)28-14-13-26(31)42-28/h2-4,6-7,9-14,16-17,19,25H,5,8,15,18H2,1H3,(H2-,35,36,37,39)/p+1/t19?,25-,38?/m0/s1. The second-order valence-electron chi connectivity index (χ2n) is 10.5. The minimum Gasteiger partial charge on any atom is -0.364 e. The zero-order valence-corrected chi connectivity index (χ0v) is 25.4. The summed E-state index contributed by atoms with van der Waals surface area (Å²) in [6.07, 6.45) is -3.75. The van der Waals surface area contributed by atoms with Gasteiger partial charge in [0.2, 0.25) is 0 Å². The second kappa shape index (κ2) is 11.9. The molecule has 2 aromatic heterocycles. The molecule has 1 saturated heterocycles. The number of primary amides is 1. The van der Waals surface area contributed by atoms with Crippen LogP contribution in [0.1, 0.15) is 42.5 Å². The van der Waals surface area contributed by atoms with Gasteiger partial charge in [0, 0.05) is 30.0 Å². The number of sulfonamides is 1. The van der Waals surface area contributed by atoms with Crippen LogP contribution in [0, 0.1) is 0 Å². The van der Waals surface area contributed by atoms with Crippen molar-refractivity contribution in [3.8, 4) is 11.3 Å². The molecule has 3 heterocycles. The van der Waals surface area contributed by atoms with E-state index in [1.807, 2.05) is 37.3 Å². The lowest BCUT2D eigenvalue weighted by molar-refractivity contribution is -0.823. The van der Waals surface area contributed by atoms with Crippen LogP contribution in [0.3, 0.4) is 0 Å². The minimum atomic E-state index is -4.50. The summed E-state index contributed by atoms with van der Waals surface area (Å²) in [7, 11) is -4.15. The number of likely N-dealkylation sites (tertiary alicyclic amines) is 1. The molecule has 0 aliphatic carbocycles. The zero-order valence-electron chi connectivity index (χ0n) is 23.0. The molecule has 2 unspecified atom stereocenters. The quantitative estimate of drug-likeness (QED) is 0.190. The number of anilines is 1. The van der Waals surface area contributed by atoms with Gasteiger partial charge in [-0.05, 0) is 48.9 Å². The van der Waals surface area contributed by atoms with Gasteiger partial charge >= 0.3 is 16.2 Å². The summed E-state index contributed by atoms with van der Waals surface area (Å²) >= 11 is 7.00. The van der Waals surface area contributed by atoms with Crippen LogP contribution in [0.15, 0.2) is 83.1 Å². The number of hydrogen-bond donors (Lipinski definition) is 2. The van der Waals surface area contributed by atoms with Crippen LogP contribution in [0.25, 0.3) is 11.3 Å². The highest BCUT2D eigenvalue weighted by Gasteiger charge is 2.55. The average Bonchev–Trinajstić information content (AvgIpc) is 3.61. The number of hydrogen-bond acceptors (Lipinski definition) is 6. The Kier molecular flexibility index (Phi) is 8.59. The number of aromatic nitrogens is 1. The van der Waals surface area contributed by atoms with Crippen molar-refractivity contribution in [3.05, 3.63) is 99.9 Å². The van der Waals surface area contributed by atoms with E-state index in [0.29, 0.717) is 39.8 Å². The molecule has 0 radical (unpaired) electrons. The molecule has 3 atom stereocenters. The topological polar surface area (TPSA) is 102 Å². The third kappa shape index (κ3) is 6.28. The summed E-state index contributed by atoms with van der Waals surface area (Å²) in [4.78, 5) is 17.3. The third-order valence-electron chi connectivity index (χ3n) is 7.70. The number of pyridine rings is 1. The van der Waals surface area contributed by atoms with Gasteiger partial charge in [-0.15, -0.1) is 11.3 Å². The molecule has 0 bridgehead atoms. The number of nitrogens with zero attached hydrogens (tertiary/aromatic N) is 2. The van der Waals surface area contributed by atoms with E-state index in [4.69, 9.17) is 17.3 Å². The van der Waals surface area contributed by atoms with Crippen LogP contribution in [0.4, 0.5) is 19.0 Å². The predicted molar refractivity (Wildman–Crippen MR) is 161 cm³/mol. The monoisotopic (exact) mass is 649 g/mol. The van der Waals surface area contributed by atoms with Crippen LogP contribution >= 0.6 is 22.9 Å². The number of carbonyl (C=O) groups excluding carboxylic acids is 1. The molecule has 5 rings (SSSR count). The third-order valence-corrected chi connectivity index (χ3v) is 11.8. The molecule has 7 nitrogen and oxygen atoms in total. The smallest absolute Gasteiger partial charge is 0.364 e. The first-order valence-corrected chi connectivity index (χ1v) is 16.1. The SMILES string of the molecule is CC(Nc1cc(C[N+]2(S(=O)(=O)c3ccc(Cl)s3)CCC[C@H]2C(N)=O)cc(-c2ccc(C(F)(F)F)cc2)n1)c1ccccc1. The Labute approximate surface area is 256 Å². The lowest BCUT2D eigenvalue weighted by Gasteiger charge is -2.36. The summed E-state index contributed by atoms with van der Waals surface area (Å²) in [5, 5.41) is 3.33. The fourth-order valence-electron chi connectivity index (χ4n) is 5.58. The molecule has 2 aromatic carbocycles. The zero-order chi connectivity index (χ0) is 31.0. The number of nitrogens with one attached hydrogen (secondary N) is 1. The fourth-order valence-corrected chi connectivity index (χ4v) is 9.46. The summed E-state index contributed by atoms with van der Waals surface area (Å²) in [6.45, 7) is 1.96. The van der Waals surface area contributed by atoms with E-state index < -0.39 is 37.6 Å². The number of quaternary nitrogens is 1. The average molecular weight is 650 g/mol. The molecule has 4 aromatic rings. The van der Waals surface area contributed by atoms with Crippen molar-refractivity contribution in [1.82, 2.24) is 4.98 Å². The van der Waals surface area contributed by atoms with Gasteiger partial charge in [0.05, 0.1) is 22.1 Å². The van der Waals surface area contributed by atoms with Crippen LogP contribution in [-0.4, -0.2) is 35.8 Å². The van der Waals surface area contributed by atoms with E-state index in [9.17, 15) is 26.4 Å². The van der Waals surface area contributed by atoms with Gasteiger partial charge in [0.25, 0.3) is 5.91 Å². The highest BCUT2D eigenvalue weighted by Crippen LogP contribution is 2.41. The fraction of sp³-hybridized carbons (Fsp3) is 0.267. The van der Waals surface area contributed by atoms with E-state index in [1.165, 1.54) is 24.3 Å². The van der Waals surface area contributed by atoms with Crippen molar-refractivity contribution in [2.24, 2.45) is 5.73 Å². The first kappa shape index (κ1) is 31.0. The van der Waals surface area contributed by atoms with Gasteiger partial charge in [0.15, 0.2) is 10.3 Å². The van der Waals surface area contributed by atoms with E-state index in [0.717, 1.165) is 29.0 Å². The number of carbonyl (C=O) groups is 1. The molecular formula is C30H29ClF3N4O3S2+. The first-order chi connectivity index (χ1) is 20.3. The predicted octanol–water partition coefficient (Wildman–Crippen LogP) is 7.01. The van der Waals surface area contributed by atoms with E-state index >= 15 is 0 Å². The van der Waals surface area contributed by atoms with Gasteiger partial charge < -0.3 is 11.1 Å². The largest absolute Gasteiger partial charge is 0.416 e. The van der Waals surface area contributed by atoms with Crippen molar-refractivity contribution >= 4 is 44.7 Å². The van der Waals surface area contributed by atoms with Gasteiger partial charge in [-0.1, -0.05) is 54.1 Å². The molecule has 0 spiro atoms. The Bertz CT molecular complexity index is 1730. The number of nitrogens with two attached hydrogens (primary N) is 1. The number of rotatable bonds is 9. The summed E-state index contributed by atoms with van der Waals surface area (Å²) < 4.78 is 67.9. The lowest BCUT2D eigenvalue weighted by atomic mass is 10.1. The summed E-state index contributed by atoms with van der Waals surface area (Å²) in [6, 6.07) is 19.3. The molecule has 0 saturated carbocycles. The Morgan fingerprint density at radius 2 is 1.81 bits per heavy atom. The minimum absolute atomic E-state index is 0.0266. The number of thiophene rings is 1. The molecule has 226 valence electrons. The van der Waals surface area contributed by atoms with E-state index in [2.05, 4.69) is 10.3 Å². The van der Waals surface area contributed by atoms with Crippen molar-refractivity contribution < 1.29 is 30.3 Å². The number of benzene rings is 2. The first-order valence-electron chi connectivity index (χ1n) is 13.5. The molecule has 3 N–H and O–H groups in total. The Balaban J connectivity index is 1.62. The maximum atomic E-state index is 14.2. The van der Waals surface area contributed by atoms with Crippen molar-refractivity contribution in [2.45, 2.75) is 48.8 Å². The second-order valence-corrected chi connectivity index (χ2v) is 14.6. The van der Waals surface area contributed by atoms with Gasteiger partial charge in [-0.2, -0.15) is 25.5 Å². The van der Waals surface area contributed by atoms with E-state index in [1.54, 1.807) is 12.1 Å². The Morgan fingerprint density at radius 1 is 1.12 bits per heavy atom. The Morgan fingerprint density at radius 3 is 2.42 bits per heavy atom. The summed E-state index contributed by atoms with van der Waals surface area (Å²) in [5.41, 5.74) is 7.24. The van der Waals surface area contributed by atoms with Crippen LogP contribution < -0.4 is 11.1 Å². The number of alkyl halides is 3. The summed E-state index contributed by atoms with van der Waals surface area (Å²) in [5.74, 6) is -0.329. The van der Waals surface area contributed by atoms with Gasteiger partial charge in [-0.25, -0.2) is 4.98 Å². The molecular weight excluding hydrogens is 621 g/mol. The number of amides is 1. The lowest BCUT2D eigenvalue weighted by Crippen LogP contribution is -2.59. The molecule has 1 amide bonds. The van der Waals surface area contributed by atoms with Crippen LogP contribution in [-0.2, 0) is 27.5 Å². The maximum absolute atomic E-state index is 14.2.